The van der Waals surface area contributed by atoms with Crippen LogP contribution in [0.5, 0.6) is 0 Å². The fourth-order valence-corrected chi connectivity index (χ4v) is 1.59. The highest BCUT2D eigenvalue weighted by atomic mass is 16.4. The lowest BCUT2D eigenvalue weighted by molar-refractivity contribution is -0.140. The van der Waals surface area contributed by atoms with E-state index in [4.69, 9.17) is 10.8 Å². The summed E-state index contributed by atoms with van der Waals surface area (Å²) in [5, 5.41) is 13.8. The van der Waals surface area contributed by atoms with Crippen LogP contribution in [-0.4, -0.2) is 29.1 Å². The van der Waals surface area contributed by atoms with Crippen LogP contribution >= 0.6 is 0 Å². The first-order valence-corrected chi connectivity index (χ1v) is 6.01. The third-order valence-electron chi connectivity index (χ3n) is 2.63. The first-order chi connectivity index (χ1) is 9.31. The number of benzene rings is 1. The molecule has 0 heterocycles. The van der Waals surface area contributed by atoms with E-state index in [1.54, 1.807) is 13.8 Å². The van der Waals surface area contributed by atoms with Gasteiger partial charge in [-0.25, -0.2) is 9.59 Å². The number of carboxylic acid groups (broad SMARTS) is 1. The number of hydrogen-bond acceptors (Lipinski definition) is 3. The highest BCUT2D eigenvalue weighted by molar-refractivity contribution is 5.97. The Morgan fingerprint density at radius 3 is 2.10 bits per heavy atom. The maximum Gasteiger partial charge on any atom is 0.326 e. The largest absolute Gasteiger partial charge is 0.480 e. The van der Waals surface area contributed by atoms with Crippen molar-refractivity contribution in [2.75, 3.05) is 5.32 Å². The van der Waals surface area contributed by atoms with Crippen molar-refractivity contribution in [1.29, 1.82) is 0 Å². The molecule has 1 aromatic carbocycles. The van der Waals surface area contributed by atoms with Crippen LogP contribution in [0.2, 0.25) is 0 Å². The van der Waals surface area contributed by atoms with E-state index in [1.165, 1.54) is 24.3 Å². The molecule has 0 spiro atoms. The number of primary amides is 1. The number of urea groups is 1. The van der Waals surface area contributed by atoms with Crippen molar-refractivity contribution >= 4 is 23.6 Å². The normalized spacial score (nSPS) is 11.8. The van der Waals surface area contributed by atoms with Crippen molar-refractivity contribution in [1.82, 2.24) is 5.32 Å². The van der Waals surface area contributed by atoms with Gasteiger partial charge < -0.3 is 21.5 Å². The molecule has 7 heteroatoms. The molecule has 0 saturated heterocycles. The molecule has 0 bridgehead atoms. The van der Waals surface area contributed by atoms with Crippen molar-refractivity contribution < 1.29 is 19.5 Å². The van der Waals surface area contributed by atoms with Gasteiger partial charge in [0.1, 0.15) is 6.04 Å². The summed E-state index contributed by atoms with van der Waals surface area (Å²) in [4.78, 5) is 33.6. The molecule has 1 atom stereocenters. The summed E-state index contributed by atoms with van der Waals surface area (Å²) in [5.41, 5.74) is 5.71. The summed E-state index contributed by atoms with van der Waals surface area (Å²) < 4.78 is 0. The highest BCUT2D eigenvalue weighted by Crippen LogP contribution is 2.10. The monoisotopic (exact) mass is 279 g/mol. The Hall–Kier alpha value is -2.57. The van der Waals surface area contributed by atoms with Gasteiger partial charge in [-0.05, 0) is 30.2 Å². The van der Waals surface area contributed by atoms with Gasteiger partial charge in [-0.15, -0.1) is 0 Å². The summed E-state index contributed by atoms with van der Waals surface area (Å²) in [5.74, 6) is -1.80. The van der Waals surface area contributed by atoms with E-state index < -0.39 is 23.9 Å². The van der Waals surface area contributed by atoms with Crippen LogP contribution in [0, 0.1) is 5.92 Å². The minimum absolute atomic E-state index is 0.229. The number of hydrogen-bond donors (Lipinski definition) is 4. The number of rotatable bonds is 5. The van der Waals surface area contributed by atoms with Crippen LogP contribution in [0.4, 0.5) is 10.5 Å². The predicted molar refractivity (Wildman–Crippen MR) is 73.4 cm³/mol. The van der Waals surface area contributed by atoms with Crippen LogP contribution in [0.15, 0.2) is 24.3 Å². The molecule has 0 aliphatic heterocycles. The van der Waals surface area contributed by atoms with Crippen molar-refractivity contribution in [2.45, 2.75) is 19.9 Å². The molecule has 5 N–H and O–H groups in total. The minimum Gasteiger partial charge on any atom is -0.480 e. The number of anilines is 1. The minimum atomic E-state index is -1.08. The van der Waals surface area contributed by atoms with E-state index in [2.05, 4.69) is 10.6 Å². The van der Waals surface area contributed by atoms with E-state index >= 15 is 0 Å². The van der Waals surface area contributed by atoms with Gasteiger partial charge in [-0.3, -0.25) is 4.79 Å². The predicted octanol–water partition coefficient (Wildman–Crippen LogP) is 1.02. The second-order valence-corrected chi connectivity index (χ2v) is 4.60. The highest BCUT2D eigenvalue weighted by Gasteiger charge is 2.23. The lowest BCUT2D eigenvalue weighted by Crippen LogP contribution is -2.44. The molecule has 108 valence electrons. The summed E-state index contributed by atoms with van der Waals surface area (Å²) in [6.45, 7) is 3.41. The van der Waals surface area contributed by atoms with Crippen LogP contribution in [0.3, 0.4) is 0 Å². The van der Waals surface area contributed by atoms with Crippen LogP contribution in [-0.2, 0) is 4.79 Å². The zero-order valence-corrected chi connectivity index (χ0v) is 11.2. The number of carboxylic acids is 1. The second-order valence-electron chi connectivity index (χ2n) is 4.60. The third kappa shape index (κ3) is 4.27. The summed E-state index contributed by atoms with van der Waals surface area (Å²) in [6, 6.07) is 4.30. The smallest absolute Gasteiger partial charge is 0.326 e. The van der Waals surface area contributed by atoms with Crippen molar-refractivity contribution in [2.24, 2.45) is 11.7 Å². The molecule has 0 aliphatic rings. The Bertz CT molecular complexity index is 511. The van der Waals surface area contributed by atoms with Gasteiger partial charge in [-0.1, -0.05) is 13.8 Å². The lowest BCUT2D eigenvalue weighted by atomic mass is 10.0. The van der Waals surface area contributed by atoms with Crippen LogP contribution in [0.25, 0.3) is 0 Å². The molecule has 0 saturated carbocycles. The molecule has 0 aliphatic carbocycles. The van der Waals surface area contributed by atoms with Crippen molar-refractivity contribution in [3.63, 3.8) is 0 Å². The number of nitrogens with two attached hydrogens (primary N) is 1. The standard InChI is InChI=1S/C13H17N3O4/c1-7(2)10(12(18)19)16-11(17)8-3-5-9(6-4-8)15-13(14)20/h3-7,10H,1-2H3,(H,16,17)(H,18,19)(H3,14,15,20)/t10-/m0/s1. The molecule has 0 aromatic heterocycles. The summed E-state index contributed by atoms with van der Waals surface area (Å²) >= 11 is 0. The fourth-order valence-electron chi connectivity index (χ4n) is 1.59. The number of nitrogens with one attached hydrogen (secondary N) is 2. The quantitative estimate of drug-likeness (QED) is 0.642. The Morgan fingerprint density at radius 2 is 1.70 bits per heavy atom. The van der Waals surface area contributed by atoms with Gasteiger partial charge in [0.05, 0.1) is 0 Å². The van der Waals surface area contributed by atoms with E-state index in [0.29, 0.717) is 11.3 Å². The molecule has 0 radical (unpaired) electrons. The SMILES string of the molecule is CC(C)[C@H](NC(=O)c1ccc(NC(N)=O)cc1)C(=O)O. The van der Waals surface area contributed by atoms with Gasteiger partial charge in [0.2, 0.25) is 0 Å². The Morgan fingerprint density at radius 1 is 1.15 bits per heavy atom. The Balaban J connectivity index is 2.77. The molecule has 7 nitrogen and oxygen atoms in total. The maximum absolute atomic E-state index is 11.9. The van der Waals surface area contributed by atoms with Crippen LogP contribution in [0.1, 0.15) is 24.2 Å². The van der Waals surface area contributed by atoms with Gasteiger partial charge in [0.25, 0.3) is 5.91 Å². The van der Waals surface area contributed by atoms with E-state index in [0.717, 1.165) is 0 Å². The molecule has 0 unspecified atom stereocenters. The van der Waals surface area contributed by atoms with Gasteiger partial charge in [0.15, 0.2) is 0 Å². The molecule has 1 aromatic rings. The van der Waals surface area contributed by atoms with Gasteiger partial charge in [-0.2, -0.15) is 0 Å². The van der Waals surface area contributed by atoms with Crippen molar-refractivity contribution in [3.8, 4) is 0 Å². The van der Waals surface area contributed by atoms with Crippen LogP contribution < -0.4 is 16.4 Å². The molecule has 3 amide bonds. The average molecular weight is 279 g/mol. The first-order valence-electron chi connectivity index (χ1n) is 6.01. The third-order valence-corrected chi connectivity index (χ3v) is 2.63. The second kappa shape index (κ2) is 6.55. The first kappa shape index (κ1) is 15.5. The van der Waals surface area contributed by atoms with E-state index in [9.17, 15) is 14.4 Å². The Labute approximate surface area is 116 Å². The fraction of sp³-hybridized carbons (Fsp3) is 0.308. The Kier molecular flexibility index (Phi) is 5.08. The van der Waals surface area contributed by atoms with Gasteiger partial charge >= 0.3 is 12.0 Å². The lowest BCUT2D eigenvalue weighted by Gasteiger charge is -2.17. The average Bonchev–Trinajstić information content (AvgIpc) is 2.35. The number of aliphatic carboxylic acids is 1. The summed E-state index contributed by atoms with van der Waals surface area (Å²) in [7, 11) is 0. The maximum atomic E-state index is 11.9. The molecule has 20 heavy (non-hydrogen) atoms. The van der Waals surface area contributed by atoms with E-state index in [-0.39, 0.29) is 5.92 Å². The topological polar surface area (TPSA) is 122 Å². The molecule has 0 fully saturated rings. The molecular weight excluding hydrogens is 262 g/mol. The zero-order valence-electron chi connectivity index (χ0n) is 11.2. The van der Waals surface area contributed by atoms with E-state index in [1.807, 2.05) is 0 Å². The number of carbonyl (C=O) groups excluding carboxylic acids is 2. The number of carbonyl (C=O) groups is 3. The van der Waals surface area contributed by atoms with Gasteiger partial charge in [0, 0.05) is 11.3 Å². The summed E-state index contributed by atoms with van der Waals surface area (Å²) in [6.07, 6.45) is 0. The number of amides is 3. The van der Waals surface area contributed by atoms with Crippen molar-refractivity contribution in [3.05, 3.63) is 29.8 Å². The molecular formula is C13H17N3O4. The zero-order chi connectivity index (χ0) is 15.3. The molecule has 1 rings (SSSR count).